The van der Waals surface area contributed by atoms with Crippen molar-refractivity contribution in [1.82, 2.24) is 9.97 Å². The van der Waals surface area contributed by atoms with Crippen molar-refractivity contribution in [2.24, 2.45) is 0 Å². The van der Waals surface area contributed by atoms with E-state index in [1.807, 2.05) is 6.92 Å². The molecule has 104 valence electrons. The molecule has 0 aromatic carbocycles. The summed E-state index contributed by atoms with van der Waals surface area (Å²) in [5.74, 6) is 0.725. The van der Waals surface area contributed by atoms with E-state index in [1.54, 1.807) is 17.6 Å². The molecule has 0 aliphatic rings. The molecule has 1 N–H and O–H groups in total. The van der Waals surface area contributed by atoms with Gasteiger partial charge in [0.1, 0.15) is 10.6 Å². The molecule has 19 heavy (non-hydrogen) atoms. The number of anilines is 1. The Morgan fingerprint density at radius 2 is 2.26 bits per heavy atom. The highest BCUT2D eigenvalue weighted by atomic mass is 35.5. The van der Waals surface area contributed by atoms with E-state index in [0.717, 1.165) is 22.5 Å². The second-order valence-corrected chi connectivity index (χ2v) is 7.57. The van der Waals surface area contributed by atoms with Gasteiger partial charge in [-0.05, 0) is 31.0 Å². The molecule has 2 aromatic heterocycles. The van der Waals surface area contributed by atoms with Crippen LogP contribution in [0.15, 0.2) is 6.07 Å². The minimum atomic E-state index is -0.856. The van der Waals surface area contributed by atoms with Crippen molar-refractivity contribution in [1.29, 1.82) is 0 Å². The van der Waals surface area contributed by atoms with Crippen LogP contribution < -0.4 is 5.32 Å². The summed E-state index contributed by atoms with van der Waals surface area (Å²) in [5, 5.41) is 4.52. The van der Waals surface area contributed by atoms with Gasteiger partial charge >= 0.3 is 0 Å². The first kappa shape index (κ1) is 14.7. The lowest BCUT2D eigenvalue weighted by Crippen LogP contribution is -2.21. The number of thiophene rings is 1. The number of halogens is 1. The van der Waals surface area contributed by atoms with Crippen LogP contribution in [0.1, 0.15) is 18.7 Å². The van der Waals surface area contributed by atoms with Gasteiger partial charge in [-0.2, -0.15) is 0 Å². The van der Waals surface area contributed by atoms with Crippen molar-refractivity contribution in [2.45, 2.75) is 25.5 Å². The summed E-state index contributed by atoms with van der Waals surface area (Å²) < 4.78 is 11.4. The highest BCUT2D eigenvalue weighted by Gasteiger charge is 2.12. The molecule has 2 heterocycles. The molecule has 0 saturated carbocycles. The third kappa shape index (κ3) is 3.43. The Bertz CT molecular complexity index is 614. The highest BCUT2D eigenvalue weighted by molar-refractivity contribution is 7.84. The van der Waals surface area contributed by atoms with Gasteiger partial charge in [-0.25, -0.2) is 9.97 Å². The van der Waals surface area contributed by atoms with Crippen LogP contribution in [0.4, 0.5) is 5.82 Å². The topological polar surface area (TPSA) is 54.9 Å². The summed E-state index contributed by atoms with van der Waals surface area (Å²) in [5.41, 5.74) is 0. The Labute approximate surface area is 124 Å². The zero-order valence-corrected chi connectivity index (χ0v) is 13.5. The van der Waals surface area contributed by atoms with Gasteiger partial charge in [-0.3, -0.25) is 4.21 Å². The molecule has 0 radical (unpaired) electrons. The lowest BCUT2D eigenvalue weighted by molar-refractivity contribution is 0.679. The molecule has 7 heteroatoms. The van der Waals surface area contributed by atoms with E-state index in [4.69, 9.17) is 11.6 Å². The van der Waals surface area contributed by atoms with Gasteiger partial charge in [0.05, 0.1) is 5.39 Å². The number of nitrogens with one attached hydrogen (secondary N) is 1. The largest absolute Gasteiger partial charge is 0.368 e. The molecule has 2 atom stereocenters. The number of aryl methyl sites for hydroxylation is 1. The molecule has 2 unspecified atom stereocenters. The Hall–Kier alpha value is -0.720. The van der Waals surface area contributed by atoms with E-state index in [2.05, 4.69) is 28.3 Å². The fourth-order valence-electron chi connectivity index (χ4n) is 1.61. The Morgan fingerprint density at radius 1 is 1.53 bits per heavy atom. The normalized spacial score (nSPS) is 14.5. The molecule has 2 aromatic rings. The van der Waals surface area contributed by atoms with Gasteiger partial charge in [0, 0.05) is 33.7 Å². The molecule has 0 bridgehead atoms. The SMILES string of the molecule is CCc1cc2c(NCC(C)S(C)=O)nc(Cl)nc2s1. The average Bonchev–Trinajstić information content (AvgIpc) is 2.78. The molecule has 4 nitrogen and oxygen atoms in total. The summed E-state index contributed by atoms with van der Waals surface area (Å²) in [6.45, 7) is 4.65. The zero-order valence-electron chi connectivity index (χ0n) is 11.1. The van der Waals surface area contributed by atoms with Crippen LogP contribution in [0.5, 0.6) is 0 Å². The van der Waals surface area contributed by atoms with Gasteiger partial charge in [-0.15, -0.1) is 11.3 Å². The van der Waals surface area contributed by atoms with Crippen molar-refractivity contribution in [3.8, 4) is 0 Å². The van der Waals surface area contributed by atoms with Gasteiger partial charge in [0.25, 0.3) is 0 Å². The van der Waals surface area contributed by atoms with E-state index in [-0.39, 0.29) is 10.5 Å². The van der Waals surface area contributed by atoms with Gasteiger partial charge in [0.15, 0.2) is 0 Å². The molecule has 0 amide bonds. The number of hydrogen-bond donors (Lipinski definition) is 1. The first-order valence-electron chi connectivity index (χ1n) is 6.03. The smallest absolute Gasteiger partial charge is 0.225 e. The van der Waals surface area contributed by atoms with Crippen LogP contribution in [0.25, 0.3) is 10.2 Å². The van der Waals surface area contributed by atoms with Crippen molar-refractivity contribution >= 4 is 49.8 Å². The van der Waals surface area contributed by atoms with Crippen molar-refractivity contribution < 1.29 is 4.21 Å². The first-order chi connectivity index (χ1) is 9.01. The number of hydrogen-bond acceptors (Lipinski definition) is 5. The number of rotatable bonds is 5. The van der Waals surface area contributed by atoms with Crippen molar-refractivity contribution in [3.05, 3.63) is 16.2 Å². The quantitative estimate of drug-likeness (QED) is 0.861. The fraction of sp³-hybridized carbons (Fsp3) is 0.500. The summed E-state index contributed by atoms with van der Waals surface area (Å²) >= 11 is 7.57. The van der Waals surface area contributed by atoms with Gasteiger partial charge in [0.2, 0.25) is 5.28 Å². The molecule has 0 aliphatic carbocycles. The Kier molecular flexibility index (Phi) is 4.76. The lowest BCUT2D eigenvalue weighted by atomic mass is 10.3. The monoisotopic (exact) mass is 317 g/mol. The summed E-state index contributed by atoms with van der Waals surface area (Å²) in [6.07, 6.45) is 2.67. The standard InChI is InChI=1S/C12H16ClN3OS2/c1-4-8-5-9-10(14-6-7(2)19(3)17)15-12(13)16-11(9)18-8/h5,7H,4,6H2,1-3H3,(H,14,15,16). The van der Waals surface area contributed by atoms with Crippen LogP contribution in [0, 0.1) is 0 Å². The predicted octanol–water partition coefficient (Wildman–Crippen LogP) is 3.09. The van der Waals surface area contributed by atoms with Gasteiger partial charge in [-0.1, -0.05) is 6.92 Å². The number of nitrogens with zero attached hydrogens (tertiary/aromatic N) is 2. The van der Waals surface area contributed by atoms with Crippen molar-refractivity contribution in [2.75, 3.05) is 18.1 Å². The van der Waals surface area contributed by atoms with Crippen LogP contribution in [0.2, 0.25) is 5.28 Å². The van der Waals surface area contributed by atoms with E-state index >= 15 is 0 Å². The fourth-order valence-corrected chi connectivity index (χ4v) is 3.12. The molecular formula is C12H16ClN3OS2. The lowest BCUT2D eigenvalue weighted by Gasteiger charge is -2.11. The minimum Gasteiger partial charge on any atom is -0.368 e. The molecule has 0 saturated heterocycles. The third-order valence-electron chi connectivity index (χ3n) is 2.89. The number of aromatic nitrogens is 2. The van der Waals surface area contributed by atoms with E-state index in [0.29, 0.717) is 6.54 Å². The maximum Gasteiger partial charge on any atom is 0.225 e. The molecule has 0 fully saturated rings. The summed E-state index contributed by atoms with van der Waals surface area (Å²) in [7, 11) is -0.856. The van der Waals surface area contributed by atoms with E-state index < -0.39 is 10.8 Å². The Morgan fingerprint density at radius 3 is 2.89 bits per heavy atom. The maximum absolute atomic E-state index is 11.4. The summed E-state index contributed by atoms with van der Waals surface area (Å²) in [4.78, 5) is 10.6. The zero-order chi connectivity index (χ0) is 14.0. The van der Waals surface area contributed by atoms with Crippen molar-refractivity contribution in [3.63, 3.8) is 0 Å². The molecule has 2 rings (SSSR count). The predicted molar refractivity (Wildman–Crippen MR) is 83.8 cm³/mol. The van der Waals surface area contributed by atoms with E-state index in [9.17, 15) is 4.21 Å². The second-order valence-electron chi connectivity index (χ2n) is 4.32. The van der Waals surface area contributed by atoms with Crippen LogP contribution in [0.3, 0.4) is 0 Å². The molecule has 0 aliphatic heterocycles. The average molecular weight is 318 g/mol. The molecule has 0 spiro atoms. The Balaban J connectivity index is 2.30. The summed E-state index contributed by atoms with van der Waals surface area (Å²) in [6, 6.07) is 2.09. The van der Waals surface area contributed by atoms with E-state index in [1.165, 1.54) is 4.88 Å². The van der Waals surface area contributed by atoms with Crippen LogP contribution >= 0.6 is 22.9 Å². The van der Waals surface area contributed by atoms with Crippen LogP contribution in [-0.2, 0) is 17.2 Å². The second kappa shape index (κ2) is 6.15. The third-order valence-corrected chi connectivity index (χ3v) is 5.53. The van der Waals surface area contributed by atoms with Crippen LogP contribution in [-0.4, -0.2) is 32.2 Å². The minimum absolute atomic E-state index is 0.0630. The molecular weight excluding hydrogens is 302 g/mol. The highest BCUT2D eigenvalue weighted by Crippen LogP contribution is 2.30. The first-order valence-corrected chi connectivity index (χ1v) is 8.85. The number of fused-ring (bicyclic) bond motifs is 1. The van der Waals surface area contributed by atoms with Gasteiger partial charge < -0.3 is 5.32 Å². The maximum atomic E-state index is 11.4.